The highest BCUT2D eigenvalue weighted by atomic mass is 127. The number of nitrogens with one attached hydrogen (secondary N) is 1. The molecule has 1 aromatic carbocycles. The van der Waals surface area contributed by atoms with E-state index in [2.05, 4.69) is 29.4 Å². The molecule has 0 unspecified atom stereocenters. The largest absolute Gasteiger partial charge is 0.381 e. The van der Waals surface area contributed by atoms with Crippen molar-refractivity contribution in [2.75, 3.05) is 32.2 Å². The quantitative estimate of drug-likeness (QED) is 0.438. The Morgan fingerprint density at radius 2 is 2.14 bits per heavy atom. The van der Waals surface area contributed by atoms with Crippen LogP contribution >= 0.6 is 24.0 Å². The van der Waals surface area contributed by atoms with Crippen LogP contribution in [0.2, 0.25) is 0 Å². The van der Waals surface area contributed by atoms with Crippen molar-refractivity contribution in [1.29, 1.82) is 0 Å². The first-order valence-corrected chi connectivity index (χ1v) is 7.46. The number of nitrogens with zero attached hydrogens (tertiary/aromatic N) is 1. The van der Waals surface area contributed by atoms with Crippen molar-refractivity contribution in [2.24, 2.45) is 10.7 Å². The molecule has 0 spiro atoms. The minimum atomic E-state index is -0.240. The Morgan fingerprint density at radius 1 is 1.41 bits per heavy atom. The van der Waals surface area contributed by atoms with Crippen molar-refractivity contribution >= 4 is 35.6 Å². The summed E-state index contributed by atoms with van der Waals surface area (Å²) in [7, 11) is 1.73. The second-order valence-corrected chi connectivity index (χ2v) is 5.38. The third-order valence-corrected chi connectivity index (χ3v) is 3.98. The fraction of sp³-hybridized carbons (Fsp3) is 0.562. The van der Waals surface area contributed by atoms with Gasteiger partial charge in [0.25, 0.3) is 0 Å². The van der Waals surface area contributed by atoms with E-state index in [0.29, 0.717) is 12.5 Å². The Kier molecular flexibility index (Phi) is 8.13. The maximum atomic E-state index is 5.98. The topological polar surface area (TPSA) is 68.9 Å². The number of hydrogen-bond donors (Lipinski definition) is 2. The van der Waals surface area contributed by atoms with Gasteiger partial charge in [-0.05, 0) is 24.1 Å². The molecule has 0 aromatic heterocycles. The fourth-order valence-corrected chi connectivity index (χ4v) is 2.46. The van der Waals surface area contributed by atoms with E-state index in [1.807, 2.05) is 12.1 Å². The molecular weight excluding hydrogens is 393 g/mol. The van der Waals surface area contributed by atoms with Crippen LogP contribution in [0, 0.1) is 0 Å². The van der Waals surface area contributed by atoms with Crippen LogP contribution in [0.3, 0.4) is 0 Å². The summed E-state index contributed by atoms with van der Waals surface area (Å²) in [6.07, 6.45) is 2.70. The summed E-state index contributed by atoms with van der Waals surface area (Å²) in [5.41, 5.74) is 7.98. The highest BCUT2D eigenvalue weighted by Gasteiger charge is 2.32. The highest BCUT2D eigenvalue weighted by Crippen LogP contribution is 2.24. The highest BCUT2D eigenvalue weighted by molar-refractivity contribution is 14.0. The van der Waals surface area contributed by atoms with E-state index in [4.69, 9.17) is 15.2 Å². The molecule has 1 saturated heterocycles. The summed E-state index contributed by atoms with van der Waals surface area (Å²) < 4.78 is 11.0. The molecule has 5 nitrogen and oxygen atoms in total. The first-order chi connectivity index (χ1) is 10.2. The van der Waals surface area contributed by atoms with Crippen molar-refractivity contribution in [3.8, 4) is 0 Å². The first-order valence-electron chi connectivity index (χ1n) is 7.46. The average molecular weight is 419 g/mol. The molecule has 124 valence electrons. The van der Waals surface area contributed by atoms with Crippen LogP contribution in [0.4, 0.5) is 5.69 Å². The van der Waals surface area contributed by atoms with Crippen molar-refractivity contribution in [2.45, 2.75) is 31.8 Å². The number of aliphatic imine (C=N–C) groups is 1. The van der Waals surface area contributed by atoms with E-state index < -0.39 is 0 Å². The fourth-order valence-electron chi connectivity index (χ4n) is 2.46. The second kappa shape index (κ2) is 9.32. The first kappa shape index (κ1) is 19.2. The van der Waals surface area contributed by atoms with Gasteiger partial charge in [-0.2, -0.15) is 0 Å². The summed E-state index contributed by atoms with van der Waals surface area (Å²) in [6, 6.07) is 8.19. The lowest BCUT2D eigenvalue weighted by Crippen LogP contribution is -2.42. The van der Waals surface area contributed by atoms with E-state index in [-0.39, 0.29) is 29.6 Å². The zero-order valence-corrected chi connectivity index (χ0v) is 15.6. The lowest BCUT2D eigenvalue weighted by Gasteiger charge is -2.34. The summed E-state index contributed by atoms with van der Waals surface area (Å²) >= 11 is 0. The number of rotatable bonds is 5. The van der Waals surface area contributed by atoms with Crippen LogP contribution in [0.5, 0.6) is 0 Å². The molecule has 1 fully saturated rings. The molecule has 0 radical (unpaired) electrons. The molecule has 1 aliphatic rings. The molecule has 0 amide bonds. The molecule has 0 saturated carbocycles. The SMILES string of the molecule is CCc1cccc(NC(N)=NCC2(OC)CCOCC2)c1.I. The van der Waals surface area contributed by atoms with Crippen molar-refractivity contribution < 1.29 is 9.47 Å². The lowest BCUT2D eigenvalue weighted by atomic mass is 9.94. The molecule has 0 bridgehead atoms. The Hall–Kier alpha value is -0.860. The molecule has 0 aliphatic carbocycles. The van der Waals surface area contributed by atoms with E-state index in [9.17, 15) is 0 Å². The van der Waals surface area contributed by atoms with Crippen LogP contribution in [0.25, 0.3) is 0 Å². The molecule has 2 rings (SSSR count). The number of guanidine groups is 1. The van der Waals surface area contributed by atoms with Crippen LogP contribution in [0.1, 0.15) is 25.3 Å². The minimum absolute atomic E-state index is 0. The molecular formula is C16H26IN3O2. The van der Waals surface area contributed by atoms with Gasteiger partial charge in [-0.25, -0.2) is 0 Å². The number of benzene rings is 1. The standard InChI is InChI=1S/C16H25N3O2.HI/c1-3-13-5-4-6-14(11-13)19-15(17)18-12-16(20-2)7-9-21-10-8-16;/h4-6,11H,3,7-10,12H2,1-2H3,(H3,17,18,19);1H. The maximum absolute atomic E-state index is 5.98. The predicted octanol–water partition coefficient (Wildman–Crippen LogP) is 2.79. The average Bonchev–Trinajstić information content (AvgIpc) is 2.54. The van der Waals surface area contributed by atoms with E-state index in [1.54, 1.807) is 7.11 Å². The van der Waals surface area contributed by atoms with Gasteiger partial charge < -0.3 is 20.5 Å². The van der Waals surface area contributed by atoms with Gasteiger partial charge in [0.1, 0.15) is 0 Å². The normalized spacial score (nSPS) is 17.6. The molecule has 22 heavy (non-hydrogen) atoms. The van der Waals surface area contributed by atoms with Crippen LogP contribution in [0.15, 0.2) is 29.3 Å². The zero-order chi connectivity index (χ0) is 15.1. The summed E-state index contributed by atoms with van der Waals surface area (Å²) in [5.74, 6) is 0.422. The summed E-state index contributed by atoms with van der Waals surface area (Å²) in [5, 5.41) is 3.14. The Balaban J connectivity index is 0.00000242. The summed E-state index contributed by atoms with van der Waals surface area (Å²) in [6.45, 7) is 4.12. The van der Waals surface area contributed by atoms with Gasteiger partial charge in [0.15, 0.2) is 5.96 Å². The van der Waals surface area contributed by atoms with Crippen LogP contribution < -0.4 is 11.1 Å². The van der Waals surface area contributed by atoms with E-state index in [1.165, 1.54) is 5.56 Å². The van der Waals surface area contributed by atoms with Crippen molar-refractivity contribution in [3.63, 3.8) is 0 Å². The molecule has 6 heteroatoms. The Labute approximate surface area is 149 Å². The lowest BCUT2D eigenvalue weighted by molar-refractivity contribution is -0.0828. The molecule has 1 aromatic rings. The predicted molar refractivity (Wildman–Crippen MR) is 101 cm³/mol. The minimum Gasteiger partial charge on any atom is -0.381 e. The van der Waals surface area contributed by atoms with Gasteiger partial charge in [-0.3, -0.25) is 4.99 Å². The van der Waals surface area contributed by atoms with Gasteiger partial charge >= 0.3 is 0 Å². The third-order valence-electron chi connectivity index (χ3n) is 3.98. The molecule has 1 heterocycles. The number of anilines is 1. The van der Waals surface area contributed by atoms with E-state index >= 15 is 0 Å². The number of hydrogen-bond acceptors (Lipinski definition) is 3. The number of aryl methyl sites for hydroxylation is 1. The van der Waals surface area contributed by atoms with Gasteiger partial charge in [-0.1, -0.05) is 19.1 Å². The van der Waals surface area contributed by atoms with E-state index in [0.717, 1.165) is 38.2 Å². The molecule has 1 aliphatic heterocycles. The molecule has 0 atom stereocenters. The van der Waals surface area contributed by atoms with Crippen molar-refractivity contribution in [1.82, 2.24) is 0 Å². The van der Waals surface area contributed by atoms with Gasteiger partial charge in [-0.15, -0.1) is 24.0 Å². The monoisotopic (exact) mass is 419 g/mol. The van der Waals surface area contributed by atoms with Crippen LogP contribution in [-0.2, 0) is 15.9 Å². The van der Waals surface area contributed by atoms with Gasteiger partial charge in [0.2, 0.25) is 0 Å². The Bertz CT molecular complexity index is 488. The van der Waals surface area contributed by atoms with Crippen molar-refractivity contribution in [3.05, 3.63) is 29.8 Å². The maximum Gasteiger partial charge on any atom is 0.193 e. The van der Waals surface area contributed by atoms with Gasteiger partial charge in [0, 0.05) is 38.9 Å². The summed E-state index contributed by atoms with van der Waals surface area (Å²) in [4.78, 5) is 4.44. The number of halogens is 1. The number of ether oxygens (including phenoxy) is 2. The Morgan fingerprint density at radius 3 is 2.77 bits per heavy atom. The smallest absolute Gasteiger partial charge is 0.193 e. The second-order valence-electron chi connectivity index (χ2n) is 5.38. The number of nitrogens with two attached hydrogens (primary N) is 1. The number of methoxy groups -OCH3 is 1. The van der Waals surface area contributed by atoms with Crippen LogP contribution in [-0.4, -0.2) is 38.4 Å². The molecule has 3 N–H and O–H groups in total. The zero-order valence-electron chi connectivity index (χ0n) is 13.3. The van der Waals surface area contributed by atoms with Gasteiger partial charge in [0.05, 0.1) is 12.1 Å². The third kappa shape index (κ3) is 5.40.